The summed E-state index contributed by atoms with van der Waals surface area (Å²) in [6.45, 7) is 6.52. The molecule has 3 heteroatoms. The zero-order valence-electron chi connectivity index (χ0n) is 13.6. The van der Waals surface area contributed by atoms with E-state index in [4.69, 9.17) is 9.47 Å². The molecule has 3 nitrogen and oxygen atoms in total. The lowest BCUT2D eigenvalue weighted by molar-refractivity contribution is 0.0867. The van der Waals surface area contributed by atoms with Crippen molar-refractivity contribution in [1.82, 2.24) is 5.32 Å². The van der Waals surface area contributed by atoms with E-state index in [-0.39, 0.29) is 0 Å². The summed E-state index contributed by atoms with van der Waals surface area (Å²) in [5, 5.41) is 3.68. The summed E-state index contributed by atoms with van der Waals surface area (Å²) in [7, 11) is 1.71. The van der Waals surface area contributed by atoms with Gasteiger partial charge >= 0.3 is 0 Å². The van der Waals surface area contributed by atoms with Crippen LogP contribution in [0, 0.1) is 5.92 Å². The Morgan fingerprint density at radius 1 is 1.33 bits per heavy atom. The van der Waals surface area contributed by atoms with Crippen molar-refractivity contribution in [1.29, 1.82) is 0 Å². The Kier molecular flexibility index (Phi) is 6.52. The fraction of sp³-hybridized carbons (Fsp3) is 0.667. The first-order valence-electron chi connectivity index (χ1n) is 8.20. The summed E-state index contributed by atoms with van der Waals surface area (Å²) >= 11 is 0. The third-order valence-corrected chi connectivity index (χ3v) is 4.50. The number of ether oxygens (including phenoxy) is 2. The molecule has 1 heterocycles. The van der Waals surface area contributed by atoms with E-state index < -0.39 is 0 Å². The molecule has 1 aliphatic rings. The first-order valence-corrected chi connectivity index (χ1v) is 8.20. The molecule has 0 aliphatic carbocycles. The molecule has 0 aromatic heterocycles. The Morgan fingerprint density at radius 3 is 2.76 bits per heavy atom. The van der Waals surface area contributed by atoms with Gasteiger partial charge in [0.25, 0.3) is 0 Å². The van der Waals surface area contributed by atoms with Gasteiger partial charge in [0, 0.05) is 19.2 Å². The Bertz CT molecular complexity index is 404. The molecule has 1 saturated heterocycles. The van der Waals surface area contributed by atoms with E-state index >= 15 is 0 Å². The van der Waals surface area contributed by atoms with E-state index in [1.54, 1.807) is 7.11 Å². The standard InChI is InChI=1S/C18H29NO2/c1-4-18-16(11-12-21-18)13-19-14(2)5-6-15-7-9-17(20-3)10-8-15/h7-10,14,16,18-19H,4-6,11-13H2,1-3H3. The van der Waals surface area contributed by atoms with Crippen molar-refractivity contribution in [3.05, 3.63) is 29.8 Å². The lowest BCUT2D eigenvalue weighted by Crippen LogP contribution is -2.34. The second kappa shape index (κ2) is 8.40. The summed E-state index contributed by atoms with van der Waals surface area (Å²) in [5.74, 6) is 1.62. The third-order valence-electron chi connectivity index (χ3n) is 4.50. The van der Waals surface area contributed by atoms with Crippen molar-refractivity contribution in [2.45, 2.75) is 51.7 Å². The van der Waals surface area contributed by atoms with Crippen LogP contribution in [0.25, 0.3) is 0 Å². The van der Waals surface area contributed by atoms with Gasteiger partial charge in [0.1, 0.15) is 5.75 Å². The topological polar surface area (TPSA) is 30.5 Å². The average Bonchev–Trinajstić information content (AvgIpc) is 2.99. The van der Waals surface area contributed by atoms with Crippen LogP contribution in [-0.4, -0.2) is 32.4 Å². The average molecular weight is 291 g/mol. The van der Waals surface area contributed by atoms with Crippen LogP contribution in [0.1, 0.15) is 38.7 Å². The molecule has 3 unspecified atom stereocenters. The highest BCUT2D eigenvalue weighted by Crippen LogP contribution is 2.22. The van der Waals surface area contributed by atoms with Gasteiger partial charge in [0.2, 0.25) is 0 Å². The van der Waals surface area contributed by atoms with Crippen LogP contribution >= 0.6 is 0 Å². The minimum atomic E-state index is 0.464. The van der Waals surface area contributed by atoms with Crippen molar-refractivity contribution >= 4 is 0 Å². The first kappa shape index (κ1) is 16.3. The number of hydrogen-bond acceptors (Lipinski definition) is 3. The predicted molar refractivity (Wildman–Crippen MR) is 86.9 cm³/mol. The van der Waals surface area contributed by atoms with Gasteiger partial charge in [0.05, 0.1) is 13.2 Å². The van der Waals surface area contributed by atoms with Crippen LogP contribution in [0.4, 0.5) is 0 Å². The fourth-order valence-corrected chi connectivity index (χ4v) is 3.01. The van der Waals surface area contributed by atoms with E-state index in [9.17, 15) is 0 Å². The quantitative estimate of drug-likeness (QED) is 0.796. The number of aryl methyl sites for hydroxylation is 1. The van der Waals surface area contributed by atoms with E-state index in [1.165, 1.54) is 12.0 Å². The predicted octanol–water partition coefficient (Wildman–Crippen LogP) is 3.42. The van der Waals surface area contributed by atoms with Crippen LogP contribution in [0.15, 0.2) is 24.3 Å². The minimum Gasteiger partial charge on any atom is -0.497 e. The normalized spacial score (nSPS) is 23.2. The maximum atomic E-state index is 5.75. The molecule has 0 spiro atoms. The van der Waals surface area contributed by atoms with Crippen molar-refractivity contribution in [2.75, 3.05) is 20.3 Å². The molecule has 0 radical (unpaired) electrons. The second-order valence-electron chi connectivity index (χ2n) is 6.06. The molecule has 0 bridgehead atoms. The van der Waals surface area contributed by atoms with Crippen LogP contribution in [0.3, 0.4) is 0 Å². The molecule has 1 aromatic carbocycles. The molecular weight excluding hydrogens is 262 g/mol. The number of benzene rings is 1. The zero-order valence-corrected chi connectivity index (χ0v) is 13.6. The highest BCUT2D eigenvalue weighted by atomic mass is 16.5. The molecule has 1 aromatic rings. The molecule has 2 rings (SSSR count). The van der Waals surface area contributed by atoms with Gasteiger partial charge in [-0.15, -0.1) is 0 Å². The van der Waals surface area contributed by atoms with Gasteiger partial charge < -0.3 is 14.8 Å². The Labute approximate surface area is 129 Å². The maximum Gasteiger partial charge on any atom is 0.118 e. The van der Waals surface area contributed by atoms with Crippen LogP contribution in [-0.2, 0) is 11.2 Å². The molecule has 1 N–H and O–H groups in total. The summed E-state index contributed by atoms with van der Waals surface area (Å²) in [4.78, 5) is 0. The monoisotopic (exact) mass is 291 g/mol. The van der Waals surface area contributed by atoms with Gasteiger partial charge in [-0.3, -0.25) is 0 Å². The van der Waals surface area contributed by atoms with Gasteiger partial charge in [0.15, 0.2) is 0 Å². The third kappa shape index (κ3) is 5.01. The summed E-state index contributed by atoms with van der Waals surface area (Å²) < 4.78 is 10.9. The number of hydrogen-bond donors (Lipinski definition) is 1. The van der Waals surface area contributed by atoms with Gasteiger partial charge in [-0.2, -0.15) is 0 Å². The number of methoxy groups -OCH3 is 1. The first-order chi connectivity index (χ1) is 10.2. The molecule has 0 saturated carbocycles. The minimum absolute atomic E-state index is 0.464. The number of nitrogens with one attached hydrogen (secondary N) is 1. The number of rotatable bonds is 8. The van der Waals surface area contributed by atoms with Crippen LogP contribution in [0.5, 0.6) is 5.75 Å². The SMILES string of the molecule is CCC1OCCC1CNC(C)CCc1ccc(OC)cc1. The molecule has 1 aliphatic heterocycles. The van der Waals surface area contributed by atoms with Crippen molar-refractivity contribution in [2.24, 2.45) is 5.92 Å². The smallest absolute Gasteiger partial charge is 0.118 e. The lowest BCUT2D eigenvalue weighted by atomic mass is 9.99. The maximum absolute atomic E-state index is 5.75. The molecular formula is C18H29NO2. The van der Waals surface area contributed by atoms with Crippen LogP contribution in [0.2, 0.25) is 0 Å². The van der Waals surface area contributed by atoms with Crippen molar-refractivity contribution < 1.29 is 9.47 Å². The molecule has 0 amide bonds. The summed E-state index contributed by atoms with van der Waals surface area (Å²) in [6, 6.07) is 8.93. The summed E-state index contributed by atoms with van der Waals surface area (Å²) in [5.41, 5.74) is 1.38. The van der Waals surface area contributed by atoms with E-state index in [0.717, 1.165) is 38.2 Å². The molecule has 118 valence electrons. The van der Waals surface area contributed by atoms with E-state index in [2.05, 4.69) is 31.3 Å². The largest absolute Gasteiger partial charge is 0.497 e. The fourth-order valence-electron chi connectivity index (χ4n) is 3.01. The Balaban J connectivity index is 1.68. The lowest BCUT2D eigenvalue weighted by Gasteiger charge is -2.20. The summed E-state index contributed by atoms with van der Waals surface area (Å²) in [6.07, 6.45) is 5.07. The van der Waals surface area contributed by atoms with Crippen LogP contribution < -0.4 is 10.1 Å². The zero-order chi connectivity index (χ0) is 15.1. The molecule has 21 heavy (non-hydrogen) atoms. The van der Waals surface area contributed by atoms with E-state index in [1.807, 2.05) is 12.1 Å². The van der Waals surface area contributed by atoms with Crippen molar-refractivity contribution in [3.63, 3.8) is 0 Å². The van der Waals surface area contributed by atoms with Gasteiger partial charge in [-0.05, 0) is 56.2 Å². The van der Waals surface area contributed by atoms with Gasteiger partial charge in [-0.1, -0.05) is 19.1 Å². The Hall–Kier alpha value is -1.06. The molecule has 3 atom stereocenters. The van der Waals surface area contributed by atoms with Crippen molar-refractivity contribution in [3.8, 4) is 5.75 Å². The Morgan fingerprint density at radius 2 is 2.10 bits per heavy atom. The highest BCUT2D eigenvalue weighted by molar-refractivity contribution is 5.27. The molecule has 1 fully saturated rings. The second-order valence-corrected chi connectivity index (χ2v) is 6.06. The highest BCUT2D eigenvalue weighted by Gasteiger charge is 2.26. The van der Waals surface area contributed by atoms with Gasteiger partial charge in [-0.25, -0.2) is 0 Å². The van der Waals surface area contributed by atoms with E-state index in [0.29, 0.717) is 18.1 Å².